The fourth-order valence-corrected chi connectivity index (χ4v) is 8.32. The van der Waals surface area contributed by atoms with Crippen LogP contribution in [0.1, 0.15) is 20.8 Å². The van der Waals surface area contributed by atoms with Gasteiger partial charge in [-0.05, 0) is 13.8 Å². The molecule has 29 atom stereocenters. The highest BCUT2D eigenvalue weighted by Gasteiger charge is 2.58. The van der Waals surface area contributed by atoms with Crippen molar-refractivity contribution in [2.45, 2.75) is 199 Å². The van der Waals surface area contributed by atoms with E-state index in [1.165, 1.54) is 13.8 Å². The summed E-state index contributed by atoms with van der Waals surface area (Å²) in [4.78, 5) is 24.3. The van der Waals surface area contributed by atoms with E-state index in [1.54, 1.807) is 0 Å². The van der Waals surface area contributed by atoms with Gasteiger partial charge in [0.1, 0.15) is 134 Å². The second-order valence-electron chi connectivity index (χ2n) is 17.1. The Bertz CT molecular complexity index is 1580. The molecule has 0 aromatic rings. The van der Waals surface area contributed by atoms with E-state index in [1.807, 2.05) is 0 Å². The lowest BCUT2D eigenvalue weighted by atomic mass is 9.93. The molecule has 30 heteroatoms. The van der Waals surface area contributed by atoms with Crippen molar-refractivity contribution in [1.82, 2.24) is 5.32 Å². The van der Waals surface area contributed by atoms with Crippen LogP contribution < -0.4 is 5.32 Å². The molecule has 0 spiro atoms. The average Bonchev–Trinajstić information content (AvgIpc) is 3.31. The van der Waals surface area contributed by atoms with Gasteiger partial charge in [0.05, 0.1) is 38.6 Å². The van der Waals surface area contributed by atoms with Gasteiger partial charge in [-0.15, -0.1) is 0 Å². The maximum Gasteiger partial charge on any atom is 0.217 e. The van der Waals surface area contributed by atoms with Gasteiger partial charge in [0.25, 0.3) is 0 Å². The number of amides is 1. The summed E-state index contributed by atoms with van der Waals surface area (Å²) in [6.07, 6.45) is -54.2. The summed E-state index contributed by atoms with van der Waals surface area (Å²) in [5.41, 5.74) is 0. The Morgan fingerprint density at radius 1 is 0.529 bits per heavy atom. The van der Waals surface area contributed by atoms with Gasteiger partial charge in [0, 0.05) is 6.92 Å². The number of aldehydes is 1. The monoisotopic (exact) mass is 999 g/mol. The third-order valence-electron chi connectivity index (χ3n) is 12.3. The van der Waals surface area contributed by atoms with Gasteiger partial charge in [0.2, 0.25) is 5.91 Å². The van der Waals surface area contributed by atoms with E-state index in [4.69, 9.17) is 47.4 Å². The summed E-state index contributed by atoms with van der Waals surface area (Å²) in [6.45, 7) is -0.718. The first kappa shape index (κ1) is 57.0. The number of hydrogen-bond donors (Lipinski definition) is 18. The van der Waals surface area contributed by atoms with Gasteiger partial charge in [-0.25, -0.2) is 0 Å². The van der Waals surface area contributed by atoms with Crippen LogP contribution in [0.25, 0.3) is 0 Å². The molecule has 0 aromatic carbocycles. The summed E-state index contributed by atoms with van der Waals surface area (Å²) in [5, 5.41) is 183. The van der Waals surface area contributed by atoms with Crippen molar-refractivity contribution in [3.8, 4) is 0 Å². The number of carbonyl (C=O) groups excluding carboxylic acids is 2. The zero-order valence-corrected chi connectivity index (χ0v) is 36.7. The minimum atomic E-state index is -2.28. The van der Waals surface area contributed by atoms with Gasteiger partial charge in [-0.1, -0.05) is 0 Å². The third kappa shape index (κ3) is 12.3. The summed E-state index contributed by atoms with van der Waals surface area (Å²) in [5.74, 6) is -0.908. The molecule has 0 radical (unpaired) electrons. The number of carbonyl (C=O) groups is 2. The second kappa shape index (κ2) is 24.7. The molecule has 5 aliphatic heterocycles. The van der Waals surface area contributed by atoms with Gasteiger partial charge in [-0.3, -0.25) is 4.79 Å². The summed E-state index contributed by atoms with van der Waals surface area (Å²) in [6, 6.07) is -1.87. The van der Waals surface area contributed by atoms with Gasteiger partial charge < -0.3 is 144 Å². The normalized spacial score (nSPS) is 47.7. The lowest BCUT2D eigenvalue weighted by Gasteiger charge is -2.52. The van der Waals surface area contributed by atoms with Gasteiger partial charge in [0.15, 0.2) is 37.7 Å². The van der Waals surface area contributed by atoms with E-state index >= 15 is 0 Å². The van der Waals surface area contributed by atoms with E-state index in [0.717, 1.165) is 6.92 Å². The Kier molecular flexibility index (Phi) is 20.7. The van der Waals surface area contributed by atoms with Gasteiger partial charge in [-0.2, -0.15) is 0 Å². The first-order chi connectivity index (χ1) is 32.0. The molecule has 5 aliphatic rings. The van der Waals surface area contributed by atoms with Crippen LogP contribution in [-0.4, -0.2) is 303 Å². The minimum Gasteiger partial charge on any atom is -0.394 e. The van der Waals surface area contributed by atoms with Crippen molar-refractivity contribution in [3.63, 3.8) is 0 Å². The second-order valence-corrected chi connectivity index (χ2v) is 17.1. The number of rotatable bonds is 19. The number of ether oxygens (including phenoxy) is 10. The summed E-state index contributed by atoms with van der Waals surface area (Å²) in [7, 11) is 0. The molecule has 30 nitrogen and oxygen atoms in total. The van der Waals surface area contributed by atoms with Crippen LogP contribution in [0.4, 0.5) is 0 Å². The lowest BCUT2D eigenvalue weighted by molar-refractivity contribution is -0.399. The number of hydrogen-bond acceptors (Lipinski definition) is 29. The van der Waals surface area contributed by atoms with Crippen molar-refractivity contribution >= 4 is 12.2 Å². The average molecular weight is 1000 g/mol. The van der Waals surface area contributed by atoms with Crippen LogP contribution >= 0.6 is 0 Å². The molecule has 0 bridgehead atoms. The molecule has 0 saturated carbocycles. The highest BCUT2D eigenvalue weighted by molar-refractivity contribution is 5.73. The lowest BCUT2D eigenvalue weighted by Crippen LogP contribution is -2.71. The number of nitrogens with one attached hydrogen (secondary N) is 1. The number of aliphatic hydroxyl groups excluding tert-OH is 17. The maximum atomic E-state index is 13.0. The Labute approximate surface area is 386 Å². The van der Waals surface area contributed by atoms with E-state index in [9.17, 15) is 96.4 Å². The van der Waals surface area contributed by atoms with E-state index in [2.05, 4.69) is 5.32 Å². The molecule has 29 unspecified atom stereocenters. The quantitative estimate of drug-likeness (QED) is 0.0534. The molecule has 0 aliphatic carbocycles. The van der Waals surface area contributed by atoms with Crippen molar-refractivity contribution in [2.75, 3.05) is 26.4 Å². The molecule has 5 fully saturated rings. The zero-order valence-electron chi connectivity index (χ0n) is 36.7. The molecule has 396 valence electrons. The fraction of sp³-hybridized carbons (Fsp3) is 0.947. The van der Waals surface area contributed by atoms with Crippen molar-refractivity contribution in [1.29, 1.82) is 0 Å². The first-order valence-electron chi connectivity index (χ1n) is 21.6. The topological polar surface area (TPSA) is 482 Å². The first-order valence-corrected chi connectivity index (χ1v) is 21.6. The molecule has 5 rings (SSSR count). The molecular weight excluding hydrogens is 934 g/mol. The molecule has 1 amide bonds. The van der Waals surface area contributed by atoms with E-state index in [0.29, 0.717) is 0 Å². The Morgan fingerprint density at radius 3 is 1.50 bits per heavy atom. The summed E-state index contributed by atoms with van der Waals surface area (Å²) < 4.78 is 58.2. The predicted molar refractivity (Wildman–Crippen MR) is 209 cm³/mol. The maximum absolute atomic E-state index is 13.0. The van der Waals surface area contributed by atoms with Crippen molar-refractivity contribution in [3.05, 3.63) is 0 Å². The molecule has 5 heterocycles. The Balaban J connectivity index is 1.56. The van der Waals surface area contributed by atoms with Crippen LogP contribution in [0.2, 0.25) is 0 Å². The van der Waals surface area contributed by atoms with Crippen LogP contribution in [0.3, 0.4) is 0 Å². The van der Waals surface area contributed by atoms with Gasteiger partial charge >= 0.3 is 0 Å². The Morgan fingerprint density at radius 2 is 1.00 bits per heavy atom. The standard InChI is InChI=1S/C38H65NO29/c1-9-18(48)23(53)26(56)35(59-9)66-31-17(39-11(3)45)34(67-32-22(52)15(7-43)61-37(28(32)58)64-29(13(47)5-41)20(50)12(46)4-40)63-16(8-44)30(31)65-38-33(25(55)21(51)14(6-42)62-38)68-36-27(57)24(54)19(49)10(2)60-36/h4,9-10,12-38,41-44,46-58H,5-8H2,1-3H3,(H,39,45). The fourth-order valence-electron chi connectivity index (χ4n) is 8.32. The highest BCUT2D eigenvalue weighted by atomic mass is 16.8. The van der Waals surface area contributed by atoms with E-state index in [-0.39, 0.29) is 6.29 Å². The highest BCUT2D eigenvalue weighted by Crippen LogP contribution is 2.37. The molecule has 0 aromatic heterocycles. The van der Waals surface area contributed by atoms with Crippen LogP contribution in [0.5, 0.6) is 0 Å². The van der Waals surface area contributed by atoms with Crippen molar-refractivity contribution < 1.29 is 144 Å². The Hall–Kier alpha value is -1.94. The molecular formula is C38H65NO29. The summed E-state index contributed by atoms with van der Waals surface area (Å²) >= 11 is 0. The molecule has 5 saturated heterocycles. The van der Waals surface area contributed by atoms with Crippen LogP contribution in [0.15, 0.2) is 0 Å². The smallest absolute Gasteiger partial charge is 0.217 e. The van der Waals surface area contributed by atoms with E-state index < -0.39 is 210 Å². The molecule has 18 N–H and O–H groups in total. The molecule has 68 heavy (non-hydrogen) atoms. The number of aliphatic hydroxyl groups is 17. The largest absolute Gasteiger partial charge is 0.394 e. The predicted octanol–water partition coefficient (Wildman–Crippen LogP) is -12.1. The third-order valence-corrected chi connectivity index (χ3v) is 12.3. The van der Waals surface area contributed by atoms with Crippen LogP contribution in [-0.2, 0) is 57.0 Å². The van der Waals surface area contributed by atoms with Crippen molar-refractivity contribution in [2.24, 2.45) is 0 Å². The van der Waals surface area contributed by atoms with Crippen LogP contribution in [0, 0.1) is 0 Å². The zero-order chi connectivity index (χ0) is 50.6. The SMILES string of the molecule is CC(=O)NC1C(OC2C(O)C(CO)OC(OC(C(O)CO)C(O)C(O)C=O)C2O)OC(CO)C(OC2OC(CO)C(O)C(O)C2OC2OC(C)C(O)C(O)C2O)C1OC1OC(C)C(O)C(O)C1O. The minimum absolute atomic E-state index is 0.136.